The number of aryl methyl sites for hydroxylation is 3. The van der Waals surface area contributed by atoms with Crippen molar-refractivity contribution in [2.75, 3.05) is 11.4 Å². The zero-order chi connectivity index (χ0) is 16.4. The predicted molar refractivity (Wildman–Crippen MR) is 101 cm³/mol. The second kappa shape index (κ2) is 7.03. The molecule has 0 atom stereocenters. The normalized spacial score (nSPS) is 14.0. The van der Waals surface area contributed by atoms with Crippen molar-refractivity contribution in [3.8, 4) is 0 Å². The number of rotatable bonds is 4. The molecule has 2 heterocycles. The van der Waals surface area contributed by atoms with Crippen LogP contribution in [0.4, 0.5) is 5.69 Å². The van der Waals surface area contributed by atoms with Crippen molar-refractivity contribution >= 4 is 34.2 Å². The average Bonchev–Trinajstić information content (AvgIpc) is 2.81. The SMILES string of the molecule is Cc1nn(CCCC(=O)N2CCCc3ccccc32)c(C)c1I. The molecule has 0 bridgehead atoms. The lowest BCUT2D eigenvalue weighted by atomic mass is 10.0. The molecule has 0 radical (unpaired) electrons. The number of hydrogen-bond donors (Lipinski definition) is 0. The molecule has 1 aromatic carbocycles. The van der Waals surface area contributed by atoms with Crippen LogP contribution in [0.3, 0.4) is 0 Å². The van der Waals surface area contributed by atoms with Crippen LogP contribution in [0, 0.1) is 17.4 Å². The van der Waals surface area contributed by atoms with Gasteiger partial charge in [0.15, 0.2) is 0 Å². The minimum Gasteiger partial charge on any atom is -0.312 e. The van der Waals surface area contributed by atoms with Gasteiger partial charge >= 0.3 is 0 Å². The van der Waals surface area contributed by atoms with Crippen molar-refractivity contribution in [2.45, 2.75) is 46.1 Å². The molecule has 0 spiro atoms. The quantitative estimate of drug-likeness (QED) is 0.701. The summed E-state index contributed by atoms with van der Waals surface area (Å²) in [6.45, 7) is 5.76. The van der Waals surface area contributed by atoms with Crippen LogP contribution < -0.4 is 4.90 Å². The lowest BCUT2D eigenvalue weighted by Crippen LogP contribution is -2.35. The largest absolute Gasteiger partial charge is 0.312 e. The first kappa shape index (κ1) is 16.5. The fourth-order valence-corrected chi connectivity index (χ4v) is 3.59. The summed E-state index contributed by atoms with van der Waals surface area (Å²) in [7, 11) is 0. The van der Waals surface area contributed by atoms with E-state index in [1.54, 1.807) is 0 Å². The predicted octanol–water partition coefficient (Wildman–Crippen LogP) is 3.86. The Hall–Kier alpha value is -1.37. The number of hydrogen-bond acceptors (Lipinski definition) is 2. The average molecular weight is 423 g/mol. The molecule has 5 heteroatoms. The Balaban J connectivity index is 1.61. The molecule has 1 amide bonds. The maximum Gasteiger partial charge on any atom is 0.227 e. The van der Waals surface area contributed by atoms with Crippen LogP contribution in [0.5, 0.6) is 0 Å². The maximum atomic E-state index is 12.6. The number of carbonyl (C=O) groups excluding carboxylic acids is 1. The Kier molecular flexibility index (Phi) is 5.04. The fourth-order valence-electron chi connectivity index (χ4n) is 3.20. The number of nitrogens with zero attached hydrogens (tertiary/aromatic N) is 3. The van der Waals surface area contributed by atoms with E-state index in [4.69, 9.17) is 0 Å². The van der Waals surface area contributed by atoms with E-state index in [0.29, 0.717) is 6.42 Å². The number of fused-ring (bicyclic) bond motifs is 1. The Morgan fingerprint density at radius 1 is 1.30 bits per heavy atom. The lowest BCUT2D eigenvalue weighted by molar-refractivity contribution is -0.118. The second-order valence-electron chi connectivity index (χ2n) is 6.09. The van der Waals surface area contributed by atoms with Gasteiger partial charge in [0, 0.05) is 30.9 Å². The van der Waals surface area contributed by atoms with E-state index in [-0.39, 0.29) is 5.91 Å². The molecule has 0 unspecified atom stereocenters. The molecule has 0 aliphatic carbocycles. The topological polar surface area (TPSA) is 38.1 Å². The molecule has 4 nitrogen and oxygen atoms in total. The summed E-state index contributed by atoms with van der Waals surface area (Å²) in [5.41, 5.74) is 4.66. The summed E-state index contributed by atoms with van der Waals surface area (Å²) >= 11 is 2.33. The van der Waals surface area contributed by atoms with Gasteiger partial charge in [0.05, 0.1) is 9.26 Å². The van der Waals surface area contributed by atoms with Crippen molar-refractivity contribution in [2.24, 2.45) is 0 Å². The molecule has 1 aliphatic heterocycles. The van der Waals surface area contributed by atoms with Gasteiger partial charge in [-0.2, -0.15) is 5.10 Å². The summed E-state index contributed by atoms with van der Waals surface area (Å²) in [6.07, 6.45) is 3.53. The van der Waals surface area contributed by atoms with Crippen molar-refractivity contribution in [3.63, 3.8) is 0 Å². The highest BCUT2D eigenvalue weighted by molar-refractivity contribution is 14.1. The minimum atomic E-state index is 0.230. The first-order valence-corrected chi connectivity index (χ1v) is 9.23. The number of carbonyl (C=O) groups is 1. The Bertz CT molecular complexity index is 723. The number of benzene rings is 1. The minimum absolute atomic E-state index is 0.230. The zero-order valence-electron chi connectivity index (χ0n) is 13.7. The van der Waals surface area contributed by atoms with Gasteiger partial charge in [0.2, 0.25) is 5.91 Å². The van der Waals surface area contributed by atoms with Crippen LogP contribution in [0.2, 0.25) is 0 Å². The highest BCUT2D eigenvalue weighted by atomic mass is 127. The van der Waals surface area contributed by atoms with Gasteiger partial charge in [-0.25, -0.2) is 0 Å². The van der Waals surface area contributed by atoms with E-state index in [1.165, 1.54) is 14.8 Å². The first-order chi connectivity index (χ1) is 11.1. The molecule has 0 saturated carbocycles. The molecule has 2 aromatic rings. The third kappa shape index (κ3) is 3.44. The number of anilines is 1. The molecule has 3 rings (SSSR count). The van der Waals surface area contributed by atoms with Crippen molar-refractivity contribution in [3.05, 3.63) is 44.8 Å². The van der Waals surface area contributed by atoms with Gasteiger partial charge in [-0.1, -0.05) is 18.2 Å². The highest BCUT2D eigenvalue weighted by Gasteiger charge is 2.21. The summed E-state index contributed by atoms with van der Waals surface area (Å²) < 4.78 is 3.24. The van der Waals surface area contributed by atoms with Crippen molar-refractivity contribution < 1.29 is 4.79 Å². The first-order valence-electron chi connectivity index (χ1n) is 8.15. The van der Waals surface area contributed by atoms with E-state index >= 15 is 0 Å². The standard InChI is InChI=1S/C18H22IN3O/c1-13-18(19)14(2)22(20-13)12-6-10-17(23)21-11-5-8-15-7-3-4-9-16(15)21/h3-4,7,9H,5-6,8,10-12H2,1-2H3. The van der Waals surface area contributed by atoms with E-state index in [2.05, 4.69) is 52.8 Å². The van der Waals surface area contributed by atoms with Crippen LogP contribution in [0.25, 0.3) is 0 Å². The Morgan fingerprint density at radius 2 is 2.09 bits per heavy atom. The monoisotopic (exact) mass is 423 g/mol. The van der Waals surface area contributed by atoms with Crippen molar-refractivity contribution in [1.82, 2.24) is 9.78 Å². The second-order valence-corrected chi connectivity index (χ2v) is 7.17. The number of aromatic nitrogens is 2. The third-order valence-corrected chi connectivity index (χ3v) is 6.03. The van der Waals surface area contributed by atoms with E-state index in [0.717, 1.165) is 43.7 Å². The summed E-state index contributed by atoms with van der Waals surface area (Å²) in [5.74, 6) is 0.230. The zero-order valence-corrected chi connectivity index (χ0v) is 15.8. The maximum absolute atomic E-state index is 12.6. The highest BCUT2D eigenvalue weighted by Crippen LogP contribution is 2.27. The van der Waals surface area contributed by atoms with Crippen LogP contribution >= 0.6 is 22.6 Å². The Labute approximate surface area is 151 Å². The summed E-state index contributed by atoms with van der Waals surface area (Å²) in [6, 6.07) is 8.27. The van der Waals surface area contributed by atoms with E-state index in [1.807, 2.05) is 22.6 Å². The van der Waals surface area contributed by atoms with Gasteiger partial charge in [-0.15, -0.1) is 0 Å². The smallest absolute Gasteiger partial charge is 0.227 e. The van der Waals surface area contributed by atoms with E-state index in [9.17, 15) is 4.79 Å². The number of amides is 1. The third-order valence-electron chi connectivity index (χ3n) is 4.47. The van der Waals surface area contributed by atoms with Gasteiger partial charge in [-0.3, -0.25) is 9.48 Å². The molecule has 0 fully saturated rings. The van der Waals surface area contributed by atoms with Crippen LogP contribution in [0.1, 0.15) is 36.2 Å². The van der Waals surface area contributed by atoms with Gasteiger partial charge in [-0.05, 0) is 67.3 Å². The van der Waals surface area contributed by atoms with Gasteiger partial charge in [0.1, 0.15) is 0 Å². The molecule has 122 valence electrons. The van der Waals surface area contributed by atoms with Crippen LogP contribution in [-0.2, 0) is 17.8 Å². The molecular weight excluding hydrogens is 401 g/mol. The van der Waals surface area contributed by atoms with E-state index < -0.39 is 0 Å². The van der Waals surface area contributed by atoms with Crippen molar-refractivity contribution in [1.29, 1.82) is 0 Å². The number of para-hydroxylation sites is 1. The number of halogens is 1. The summed E-state index contributed by atoms with van der Waals surface area (Å²) in [4.78, 5) is 14.6. The summed E-state index contributed by atoms with van der Waals surface area (Å²) in [5, 5.41) is 4.54. The lowest BCUT2D eigenvalue weighted by Gasteiger charge is -2.29. The molecule has 1 aromatic heterocycles. The van der Waals surface area contributed by atoms with Crippen LogP contribution in [0.15, 0.2) is 24.3 Å². The molecule has 23 heavy (non-hydrogen) atoms. The molecule has 1 aliphatic rings. The van der Waals surface area contributed by atoms with Crippen LogP contribution in [-0.4, -0.2) is 22.2 Å². The Morgan fingerprint density at radius 3 is 2.83 bits per heavy atom. The molecular formula is C18H22IN3O. The molecule has 0 saturated heterocycles. The van der Waals surface area contributed by atoms with Gasteiger partial charge < -0.3 is 4.90 Å². The molecule has 0 N–H and O–H groups in total. The fraction of sp³-hybridized carbons (Fsp3) is 0.444. The van der Waals surface area contributed by atoms with Gasteiger partial charge in [0.25, 0.3) is 0 Å².